The zero-order valence-corrected chi connectivity index (χ0v) is 12.5. The normalized spacial score (nSPS) is 36.5. The van der Waals surface area contributed by atoms with Crippen molar-refractivity contribution in [3.63, 3.8) is 0 Å². The van der Waals surface area contributed by atoms with Gasteiger partial charge in [-0.05, 0) is 62.8 Å². The van der Waals surface area contributed by atoms with Crippen molar-refractivity contribution >= 4 is 0 Å². The molecular formula is C16H31NO. The van der Waals surface area contributed by atoms with Crippen LogP contribution in [0.4, 0.5) is 0 Å². The summed E-state index contributed by atoms with van der Waals surface area (Å²) in [7, 11) is 0. The Morgan fingerprint density at radius 3 is 2.72 bits per heavy atom. The molecule has 2 rings (SSSR count). The topological polar surface area (TPSA) is 21.3 Å². The number of rotatable bonds is 4. The Balaban J connectivity index is 1.66. The van der Waals surface area contributed by atoms with Gasteiger partial charge in [0, 0.05) is 12.6 Å². The third kappa shape index (κ3) is 4.55. The summed E-state index contributed by atoms with van der Waals surface area (Å²) < 4.78 is 5.79. The van der Waals surface area contributed by atoms with E-state index in [1.54, 1.807) is 0 Å². The van der Waals surface area contributed by atoms with E-state index in [4.69, 9.17) is 4.74 Å². The number of hydrogen-bond donors (Lipinski definition) is 1. The maximum Gasteiger partial charge on any atom is 0.0587 e. The lowest BCUT2D eigenvalue weighted by Gasteiger charge is -2.39. The van der Waals surface area contributed by atoms with E-state index in [9.17, 15) is 0 Å². The first-order valence-electron chi connectivity index (χ1n) is 7.90. The van der Waals surface area contributed by atoms with Crippen LogP contribution in [0, 0.1) is 11.3 Å². The molecule has 0 aromatic heterocycles. The average molecular weight is 253 g/mol. The standard InChI is InChI=1S/C16H31NO/c1-13-10-14(12-16(2,3)11-13)17-8-7-15-6-4-5-9-18-15/h13-15,17H,4-12H2,1-3H3. The first-order chi connectivity index (χ1) is 8.55. The minimum absolute atomic E-state index is 0.524. The van der Waals surface area contributed by atoms with Crippen LogP contribution in [-0.4, -0.2) is 25.3 Å². The van der Waals surface area contributed by atoms with Gasteiger partial charge in [-0.25, -0.2) is 0 Å². The quantitative estimate of drug-likeness (QED) is 0.824. The van der Waals surface area contributed by atoms with Gasteiger partial charge in [-0.1, -0.05) is 20.8 Å². The van der Waals surface area contributed by atoms with E-state index in [1.807, 2.05) is 0 Å². The summed E-state index contributed by atoms with van der Waals surface area (Å²) in [5.74, 6) is 0.872. The zero-order valence-electron chi connectivity index (χ0n) is 12.5. The van der Waals surface area contributed by atoms with Gasteiger partial charge in [0.15, 0.2) is 0 Å². The van der Waals surface area contributed by atoms with Crippen LogP contribution in [0.5, 0.6) is 0 Å². The van der Waals surface area contributed by atoms with Gasteiger partial charge in [0.2, 0.25) is 0 Å². The Morgan fingerprint density at radius 2 is 2.06 bits per heavy atom. The number of hydrogen-bond acceptors (Lipinski definition) is 2. The summed E-state index contributed by atoms with van der Waals surface area (Å²) in [5.41, 5.74) is 0.524. The van der Waals surface area contributed by atoms with E-state index >= 15 is 0 Å². The second kappa shape index (κ2) is 6.38. The molecule has 1 aliphatic carbocycles. The van der Waals surface area contributed by atoms with Crippen LogP contribution in [-0.2, 0) is 4.74 Å². The molecule has 2 fully saturated rings. The number of ether oxygens (including phenoxy) is 1. The molecule has 1 saturated heterocycles. The van der Waals surface area contributed by atoms with Crippen LogP contribution in [0.25, 0.3) is 0 Å². The molecule has 0 aromatic carbocycles. The van der Waals surface area contributed by atoms with Gasteiger partial charge in [-0.3, -0.25) is 0 Å². The highest BCUT2D eigenvalue weighted by Gasteiger charge is 2.31. The van der Waals surface area contributed by atoms with E-state index in [-0.39, 0.29) is 0 Å². The smallest absolute Gasteiger partial charge is 0.0587 e. The van der Waals surface area contributed by atoms with Crippen molar-refractivity contribution in [3.05, 3.63) is 0 Å². The van der Waals surface area contributed by atoms with Gasteiger partial charge in [0.1, 0.15) is 0 Å². The average Bonchev–Trinajstić information content (AvgIpc) is 2.27. The van der Waals surface area contributed by atoms with Crippen molar-refractivity contribution in [2.24, 2.45) is 11.3 Å². The van der Waals surface area contributed by atoms with Gasteiger partial charge in [0.05, 0.1) is 6.10 Å². The summed E-state index contributed by atoms with van der Waals surface area (Å²) in [4.78, 5) is 0. The van der Waals surface area contributed by atoms with Crippen LogP contribution >= 0.6 is 0 Å². The van der Waals surface area contributed by atoms with E-state index in [0.717, 1.165) is 25.1 Å². The molecule has 0 amide bonds. The van der Waals surface area contributed by atoms with Crippen molar-refractivity contribution in [1.29, 1.82) is 0 Å². The molecule has 1 saturated carbocycles. The fourth-order valence-electron chi connectivity index (χ4n) is 3.99. The largest absolute Gasteiger partial charge is 0.378 e. The molecule has 1 heterocycles. The molecule has 3 atom stereocenters. The summed E-state index contributed by atoms with van der Waals surface area (Å²) in [5, 5.41) is 3.77. The molecule has 0 aromatic rings. The summed E-state index contributed by atoms with van der Waals surface area (Å²) in [6, 6.07) is 0.729. The van der Waals surface area contributed by atoms with Gasteiger partial charge in [-0.15, -0.1) is 0 Å². The molecule has 0 radical (unpaired) electrons. The van der Waals surface area contributed by atoms with E-state index in [2.05, 4.69) is 26.1 Å². The first kappa shape index (κ1) is 14.3. The van der Waals surface area contributed by atoms with Crippen LogP contribution in [0.15, 0.2) is 0 Å². The van der Waals surface area contributed by atoms with Crippen LogP contribution < -0.4 is 5.32 Å². The highest BCUT2D eigenvalue weighted by molar-refractivity contribution is 4.86. The van der Waals surface area contributed by atoms with E-state index in [1.165, 1.54) is 44.9 Å². The molecule has 106 valence electrons. The molecule has 0 spiro atoms. The van der Waals surface area contributed by atoms with Gasteiger partial charge < -0.3 is 10.1 Å². The Hall–Kier alpha value is -0.0800. The minimum atomic E-state index is 0.524. The molecule has 2 heteroatoms. The Bertz CT molecular complexity index is 245. The van der Waals surface area contributed by atoms with Crippen molar-refractivity contribution in [2.45, 2.75) is 77.9 Å². The van der Waals surface area contributed by atoms with Crippen LogP contribution in [0.2, 0.25) is 0 Å². The lowest BCUT2D eigenvalue weighted by Crippen LogP contribution is -2.41. The Labute approximate surface area is 113 Å². The van der Waals surface area contributed by atoms with E-state index in [0.29, 0.717) is 11.5 Å². The van der Waals surface area contributed by atoms with Gasteiger partial charge in [-0.2, -0.15) is 0 Å². The predicted molar refractivity (Wildman–Crippen MR) is 76.8 cm³/mol. The highest BCUT2D eigenvalue weighted by atomic mass is 16.5. The van der Waals surface area contributed by atoms with Crippen LogP contribution in [0.3, 0.4) is 0 Å². The third-order valence-electron chi connectivity index (χ3n) is 4.56. The maximum absolute atomic E-state index is 5.79. The van der Waals surface area contributed by atoms with Crippen molar-refractivity contribution in [1.82, 2.24) is 5.32 Å². The minimum Gasteiger partial charge on any atom is -0.378 e. The molecule has 1 N–H and O–H groups in total. The van der Waals surface area contributed by atoms with Gasteiger partial charge in [0.25, 0.3) is 0 Å². The van der Waals surface area contributed by atoms with Crippen molar-refractivity contribution in [2.75, 3.05) is 13.2 Å². The van der Waals surface area contributed by atoms with Crippen molar-refractivity contribution in [3.8, 4) is 0 Å². The van der Waals surface area contributed by atoms with E-state index < -0.39 is 0 Å². The molecule has 3 unspecified atom stereocenters. The Morgan fingerprint density at radius 1 is 1.22 bits per heavy atom. The molecular weight excluding hydrogens is 222 g/mol. The summed E-state index contributed by atoms with van der Waals surface area (Å²) in [6.07, 6.45) is 9.70. The Kier molecular flexibility index (Phi) is 5.08. The molecule has 1 aliphatic heterocycles. The van der Waals surface area contributed by atoms with Crippen LogP contribution in [0.1, 0.15) is 65.7 Å². The van der Waals surface area contributed by atoms with Crippen molar-refractivity contribution < 1.29 is 4.74 Å². The lowest BCUT2D eigenvalue weighted by atomic mass is 9.70. The lowest BCUT2D eigenvalue weighted by molar-refractivity contribution is 0.0105. The monoisotopic (exact) mass is 253 g/mol. The molecule has 2 aliphatic rings. The SMILES string of the molecule is CC1CC(NCCC2CCCCO2)CC(C)(C)C1. The highest BCUT2D eigenvalue weighted by Crippen LogP contribution is 2.38. The second-order valence-electron chi connectivity index (χ2n) is 7.34. The third-order valence-corrected chi connectivity index (χ3v) is 4.56. The molecule has 2 nitrogen and oxygen atoms in total. The summed E-state index contributed by atoms with van der Waals surface area (Å²) in [6.45, 7) is 9.36. The molecule has 0 bridgehead atoms. The zero-order chi connectivity index (χ0) is 13.0. The molecule has 18 heavy (non-hydrogen) atoms. The summed E-state index contributed by atoms with van der Waals surface area (Å²) >= 11 is 0. The maximum atomic E-state index is 5.79. The fraction of sp³-hybridized carbons (Fsp3) is 1.00. The first-order valence-corrected chi connectivity index (χ1v) is 7.90. The van der Waals surface area contributed by atoms with Gasteiger partial charge >= 0.3 is 0 Å². The second-order valence-corrected chi connectivity index (χ2v) is 7.34. The predicted octanol–water partition coefficient (Wildman–Crippen LogP) is 3.75. The number of nitrogens with one attached hydrogen (secondary N) is 1. The fourth-order valence-corrected chi connectivity index (χ4v) is 3.99.